The maximum Gasteiger partial charge on any atom is 0.234 e. The summed E-state index contributed by atoms with van der Waals surface area (Å²) in [5.41, 5.74) is 1.89. The summed E-state index contributed by atoms with van der Waals surface area (Å²) >= 11 is 1.31. The van der Waals surface area contributed by atoms with E-state index >= 15 is 0 Å². The van der Waals surface area contributed by atoms with Crippen molar-refractivity contribution in [2.45, 2.75) is 5.16 Å². The Balaban J connectivity index is 1.30. The van der Waals surface area contributed by atoms with Gasteiger partial charge in [-0.25, -0.2) is 9.97 Å². The summed E-state index contributed by atoms with van der Waals surface area (Å²) < 4.78 is 10.5. The Bertz CT molecular complexity index is 1070. The number of nitrogens with zero attached hydrogens (tertiary/aromatic N) is 4. The van der Waals surface area contributed by atoms with E-state index < -0.39 is 0 Å². The molecule has 1 N–H and O–H groups in total. The number of piperazine rings is 1. The molecule has 1 aliphatic rings. The number of hydrogen-bond donors (Lipinski definition) is 1. The predicted octanol–water partition coefficient (Wildman–Crippen LogP) is 3.55. The van der Waals surface area contributed by atoms with Gasteiger partial charge in [0.15, 0.2) is 16.7 Å². The first-order valence-electron chi connectivity index (χ1n) is 10.7. The lowest BCUT2D eigenvalue weighted by atomic mass is 10.2. The number of aromatic nitrogens is 2. The molecule has 8 nitrogen and oxygen atoms in total. The normalized spacial score (nSPS) is 13.5. The van der Waals surface area contributed by atoms with Gasteiger partial charge in [0.2, 0.25) is 5.91 Å². The summed E-state index contributed by atoms with van der Waals surface area (Å²) in [7, 11) is 3.13. The van der Waals surface area contributed by atoms with Crippen molar-refractivity contribution in [1.82, 2.24) is 9.97 Å². The van der Waals surface area contributed by atoms with E-state index in [1.165, 1.54) is 17.4 Å². The van der Waals surface area contributed by atoms with Gasteiger partial charge >= 0.3 is 0 Å². The van der Waals surface area contributed by atoms with E-state index in [0.29, 0.717) is 22.3 Å². The van der Waals surface area contributed by atoms with E-state index in [4.69, 9.17) is 9.47 Å². The number of para-hydroxylation sites is 1. The first-order chi connectivity index (χ1) is 16.2. The number of methoxy groups -OCH3 is 2. The SMILES string of the molecule is COc1ccc(NC(=O)CSc2nccc(N3CCN(c4ccccc4)CC3)n2)cc1OC. The molecule has 1 fully saturated rings. The van der Waals surface area contributed by atoms with Gasteiger partial charge in [0, 0.05) is 49.8 Å². The van der Waals surface area contributed by atoms with Gasteiger partial charge in [-0.15, -0.1) is 0 Å². The highest BCUT2D eigenvalue weighted by atomic mass is 32.2. The topological polar surface area (TPSA) is 79.8 Å². The zero-order chi connectivity index (χ0) is 23.0. The standard InChI is InChI=1S/C24H27N5O3S/c1-31-20-9-8-18(16-21(20)32-2)26-23(30)17-33-24-25-11-10-22(27-24)29-14-12-28(13-15-29)19-6-4-3-5-7-19/h3-11,16H,12-15,17H2,1-2H3,(H,26,30). The lowest BCUT2D eigenvalue weighted by Gasteiger charge is -2.36. The van der Waals surface area contributed by atoms with Crippen LogP contribution in [0.1, 0.15) is 0 Å². The van der Waals surface area contributed by atoms with Gasteiger partial charge in [0.25, 0.3) is 0 Å². The van der Waals surface area contributed by atoms with Crippen molar-refractivity contribution in [3.8, 4) is 11.5 Å². The number of rotatable bonds is 8. The summed E-state index contributed by atoms with van der Waals surface area (Å²) in [6.45, 7) is 3.64. The van der Waals surface area contributed by atoms with Crippen molar-refractivity contribution in [3.63, 3.8) is 0 Å². The maximum absolute atomic E-state index is 12.4. The van der Waals surface area contributed by atoms with Crippen LogP contribution in [0.5, 0.6) is 11.5 Å². The van der Waals surface area contributed by atoms with Crippen LogP contribution in [0.25, 0.3) is 0 Å². The molecule has 2 aromatic carbocycles. The fourth-order valence-corrected chi connectivity index (χ4v) is 4.28. The highest BCUT2D eigenvalue weighted by molar-refractivity contribution is 7.99. The number of carbonyl (C=O) groups is 1. The molecule has 1 aliphatic heterocycles. The van der Waals surface area contributed by atoms with Gasteiger partial charge in [-0.1, -0.05) is 30.0 Å². The van der Waals surface area contributed by atoms with E-state index in [1.54, 1.807) is 38.6 Å². The first-order valence-corrected chi connectivity index (χ1v) is 11.7. The van der Waals surface area contributed by atoms with Crippen LogP contribution in [-0.4, -0.2) is 62.0 Å². The molecular weight excluding hydrogens is 438 g/mol. The minimum atomic E-state index is -0.141. The third-order valence-corrected chi connectivity index (χ3v) is 6.20. The van der Waals surface area contributed by atoms with Crippen molar-refractivity contribution in [2.75, 3.05) is 61.3 Å². The molecule has 3 aromatic rings. The smallest absolute Gasteiger partial charge is 0.234 e. The number of amides is 1. The van der Waals surface area contributed by atoms with Crippen molar-refractivity contribution >= 4 is 34.9 Å². The molecule has 0 bridgehead atoms. The van der Waals surface area contributed by atoms with Gasteiger partial charge in [0.05, 0.1) is 20.0 Å². The number of anilines is 3. The van der Waals surface area contributed by atoms with Gasteiger partial charge in [-0.2, -0.15) is 0 Å². The Morgan fingerprint density at radius 1 is 0.970 bits per heavy atom. The highest BCUT2D eigenvalue weighted by Crippen LogP contribution is 2.30. The van der Waals surface area contributed by atoms with Crippen LogP contribution in [0.4, 0.5) is 17.2 Å². The van der Waals surface area contributed by atoms with Crippen molar-refractivity contribution in [1.29, 1.82) is 0 Å². The Labute approximate surface area is 197 Å². The molecule has 1 amide bonds. The van der Waals surface area contributed by atoms with Crippen LogP contribution in [0.3, 0.4) is 0 Å². The molecule has 172 valence electrons. The summed E-state index contributed by atoms with van der Waals surface area (Å²) in [4.78, 5) is 26.1. The van der Waals surface area contributed by atoms with Crippen LogP contribution in [0, 0.1) is 0 Å². The van der Waals surface area contributed by atoms with E-state index in [1.807, 2.05) is 12.1 Å². The Hall–Kier alpha value is -3.46. The van der Waals surface area contributed by atoms with Crippen LogP contribution in [-0.2, 0) is 4.79 Å². The minimum Gasteiger partial charge on any atom is -0.493 e. The average Bonchev–Trinajstić information content (AvgIpc) is 2.88. The molecule has 33 heavy (non-hydrogen) atoms. The van der Waals surface area contributed by atoms with Crippen LogP contribution in [0.2, 0.25) is 0 Å². The number of nitrogens with one attached hydrogen (secondary N) is 1. The monoisotopic (exact) mass is 465 g/mol. The molecule has 1 aromatic heterocycles. The fourth-order valence-electron chi connectivity index (χ4n) is 3.65. The van der Waals surface area contributed by atoms with E-state index in [-0.39, 0.29) is 11.7 Å². The number of ether oxygens (including phenoxy) is 2. The Kier molecular flexibility index (Phi) is 7.51. The maximum atomic E-state index is 12.4. The largest absolute Gasteiger partial charge is 0.493 e. The molecule has 1 saturated heterocycles. The van der Waals surface area contributed by atoms with Gasteiger partial charge in [-0.05, 0) is 30.3 Å². The fraction of sp³-hybridized carbons (Fsp3) is 0.292. The molecule has 0 atom stereocenters. The third kappa shape index (κ3) is 5.87. The van der Waals surface area contributed by atoms with Gasteiger partial charge in [0.1, 0.15) is 5.82 Å². The number of thioether (sulfide) groups is 1. The number of carbonyl (C=O) groups excluding carboxylic acids is 1. The molecule has 0 radical (unpaired) electrons. The number of hydrogen-bond acceptors (Lipinski definition) is 8. The van der Waals surface area contributed by atoms with Crippen LogP contribution >= 0.6 is 11.8 Å². The van der Waals surface area contributed by atoms with Crippen molar-refractivity contribution in [3.05, 3.63) is 60.8 Å². The van der Waals surface area contributed by atoms with Crippen molar-refractivity contribution < 1.29 is 14.3 Å². The Morgan fingerprint density at radius 2 is 1.70 bits per heavy atom. The number of benzene rings is 2. The molecule has 4 rings (SSSR count). The van der Waals surface area contributed by atoms with Gasteiger partial charge in [-0.3, -0.25) is 4.79 Å². The zero-order valence-corrected chi connectivity index (χ0v) is 19.5. The molecular formula is C24H27N5O3S. The third-order valence-electron chi connectivity index (χ3n) is 5.34. The zero-order valence-electron chi connectivity index (χ0n) is 18.7. The predicted molar refractivity (Wildman–Crippen MR) is 132 cm³/mol. The lowest BCUT2D eigenvalue weighted by Crippen LogP contribution is -2.46. The van der Waals surface area contributed by atoms with Crippen molar-refractivity contribution in [2.24, 2.45) is 0 Å². The van der Waals surface area contributed by atoms with Gasteiger partial charge < -0.3 is 24.6 Å². The molecule has 0 spiro atoms. The van der Waals surface area contributed by atoms with Crippen LogP contribution < -0.4 is 24.6 Å². The molecule has 0 saturated carbocycles. The highest BCUT2D eigenvalue weighted by Gasteiger charge is 2.19. The minimum absolute atomic E-state index is 0.141. The first kappa shape index (κ1) is 22.7. The summed E-state index contributed by atoms with van der Waals surface area (Å²) in [6, 6.07) is 17.6. The summed E-state index contributed by atoms with van der Waals surface area (Å²) in [5.74, 6) is 2.13. The Morgan fingerprint density at radius 3 is 2.42 bits per heavy atom. The quantitative estimate of drug-likeness (QED) is 0.400. The summed E-state index contributed by atoms with van der Waals surface area (Å²) in [6.07, 6.45) is 1.75. The molecule has 9 heteroatoms. The summed E-state index contributed by atoms with van der Waals surface area (Å²) in [5, 5.41) is 3.45. The van der Waals surface area contributed by atoms with Crippen LogP contribution in [0.15, 0.2) is 66.0 Å². The van der Waals surface area contributed by atoms with E-state index in [9.17, 15) is 4.79 Å². The average molecular weight is 466 g/mol. The second kappa shape index (κ2) is 10.9. The van der Waals surface area contributed by atoms with E-state index in [2.05, 4.69) is 49.4 Å². The molecule has 0 aliphatic carbocycles. The second-order valence-electron chi connectivity index (χ2n) is 7.41. The molecule has 2 heterocycles. The molecule has 0 unspecified atom stereocenters. The lowest BCUT2D eigenvalue weighted by molar-refractivity contribution is -0.113. The second-order valence-corrected chi connectivity index (χ2v) is 8.36. The van der Waals surface area contributed by atoms with E-state index in [0.717, 1.165) is 32.0 Å².